The Kier molecular flexibility index (Phi) is 5.97. The molecule has 1 N–H and O–H groups in total. The molecule has 2 aliphatic heterocycles. The van der Waals surface area contributed by atoms with Gasteiger partial charge in [0.2, 0.25) is 0 Å². The molecule has 1 fully saturated rings. The van der Waals surface area contributed by atoms with Crippen molar-refractivity contribution in [2.75, 3.05) is 13.1 Å². The van der Waals surface area contributed by atoms with E-state index >= 15 is 0 Å². The summed E-state index contributed by atoms with van der Waals surface area (Å²) in [4.78, 5) is 31.1. The van der Waals surface area contributed by atoms with E-state index in [1.165, 1.54) is 11.0 Å². The van der Waals surface area contributed by atoms with Crippen LogP contribution in [0, 0.1) is 4.77 Å². The lowest BCUT2D eigenvalue weighted by molar-refractivity contribution is 0.0703. The monoisotopic (exact) mass is 464 g/mol. The first kappa shape index (κ1) is 21.8. The highest BCUT2D eigenvalue weighted by Crippen LogP contribution is 2.29. The molecule has 2 aromatic heterocycles. The molecule has 4 heterocycles. The van der Waals surface area contributed by atoms with Gasteiger partial charge < -0.3 is 14.5 Å². The molecular formula is C24H28N6O2S. The second-order valence-electron chi connectivity index (χ2n) is 8.92. The smallest absolute Gasteiger partial charge is 0.262 e. The fourth-order valence-corrected chi connectivity index (χ4v) is 5.31. The molecular weight excluding hydrogens is 436 g/mol. The Labute approximate surface area is 196 Å². The van der Waals surface area contributed by atoms with E-state index < -0.39 is 0 Å². The predicted octanol–water partition coefficient (Wildman–Crippen LogP) is 3.58. The van der Waals surface area contributed by atoms with Crippen LogP contribution in [-0.2, 0) is 19.5 Å². The van der Waals surface area contributed by atoms with E-state index in [0.29, 0.717) is 40.9 Å². The number of piperidine rings is 1. The van der Waals surface area contributed by atoms with Gasteiger partial charge in [-0.25, -0.2) is 0 Å². The van der Waals surface area contributed by atoms with Gasteiger partial charge in [0.1, 0.15) is 11.6 Å². The van der Waals surface area contributed by atoms with E-state index in [0.717, 1.165) is 50.3 Å². The summed E-state index contributed by atoms with van der Waals surface area (Å²) in [5.41, 5.74) is 0.945. The van der Waals surface area contributed by atoms with Gasteiger partial charge in [0.15, 0.2) is 4.77 Å². The highest BCUT2D eigenvalue weighted by atomic mass is 32.1. The molecule has 9 heteroatoms. The molecule has 1 saturated heterocycles. The minimum atomic E-state index is -0.182. The minimum Gasteiger partial charge on any atom is -0.338 e. The van der Waals surface area contributed by atoms with Crippen molar-refractivity contribution in [2.45, 2.75) is 57.5 Å². The van der Waals surface area contributed by atoms with Crippen LogP contribution in [0.1, 0.15) is 60.0 Å². The van der Waals surface area contributed by atoms with Crippen LogP contribution in [0.15, 0.2) is 35.6 Å². The topological polar surface area (TPSA) is 88.8 Å². The van der Waals surface area contributed by atoms with Gasteiger partial charge in [-0.2, -0.15) is 0 Å². The molecule has 1 amide bonds. The van der Waals surface area contributed by atoms with Gasteiger partial charge in [-0.3, -0.25) is 14.2 Å². The average molecular weight is 465 g/mol. The number of hydrogen-bond donors (Lipinski definition) is 1. The Morgan fingerprint density at radius 1 is 1.21 bits per heavy atom. The lowest BCUT2D eigenvalue weighted by atomic mass is 9.96. The van der Waals surface area contributed by atoms with Crippen LogP contribution in [0.4, 0.5) is 0 Å². The third-order valence-corrected chi connectivity index (χ3v) is 7.07. The van der Waals surface area contributed by atoms with Gasteiger partial charge in [0.25, 0.3) is 11.5 Å². The van der Waals surface area contributed by atoms with E-state index in [1.807, 2.05) is 4.90 Å². The van der Waals surface area contributed by atoms with Crippen LogP contribution in [-0.4, -0.2) is 48.2 Å². The number of nitrogens with zero attached hydrogens (tertiary/aromatic N) is 5. The number of fused-ring (bicyclic) bond motifs is 2. The van der Waals surface area contributed by atoms with E-state index in [-0.39, 0.29) is 17.4 Å². The van der Waals surface area contributed by atoms with Crippen LogP contribution in [0.25, 0.3) is 10.9 Å². The lowest BCUT2D eigenvalue weighted by Crippen LogP contribution is -2.39. The van der Waals surface area contributed by atoms with Crippen molar-refractivity contribution in [3.05, 3.63) is 63.2 Å². The molecule has 1 atom stereocenters. The number of aromatic amines is 1. The Morgan fingerprint density at radius 2 is 2.09 bits per heavy atom. The molecule has 172 valence electrons. The largest absolute Gasteiger partial charge is 0.338 e. The van der Waals surface area contributed by atoms with Crippen LogP contribution in [0.2, 0.25) is 0 Å². The Bertz CT molecular complexity index is 1340. The first-order valence-corrected chi connectivity index (χ1v) is 12.1. The molecule has 1 aromatic carbocycles. The predicted molar refractivity (Wildman–Crippen MR) is 129 cm³/mol. The molecule has 0 bridgehead atoms. The van der Waals surface area contributed by atoms with Gasteiger partial charge in [-0.05, 0) is 56.1 Å². The number of allylic oxidation sites excluding steroid dienone is 1. The normalized spacial score (nSPS) is 18.7. The second kappa shape index (κ2) is 9.05. The highest BCUT2D eigenvalue weighted by Gasteiger charge is 2.30. The number of carbonyl (C=O) groups excluding carboxylic acids is 1. The minimum absolute atomic E-state index is 0.0354. The molecule has 33 heavy (non-hydrogen) atoms. The zero-order valence-electron chi connectivity index (χ0n) is 18.6. The standard InChI is InChI=1S/C24H28N6O2S/c1-2-11-30-23(32)18-10-9-16(14-19(18)25-24(30)33)22(31)28-12-6-7-17(15-28)21-27-26-20-8-4-3-5-13-29(20)21/h2,9-10,14,17H,1,3-8,11-13,15H2,(H,25,33). The summed E-state index contributed by atoms with van der Waals surface area (Å²) in [6.45, 7) is 6.33. The van der Waals surface area contributed by atoms with Crippen LogP contribution >= 0.6 is 12.2 Å². The summed E-state index contributed by atoms with van der Waals surface area (Å²) < 4.78 is 4.07. The average Bonchev–Trinajstić information content (AvgIpc) is 3.09. The first-order chi connectivity index (χ1) is 16.1. The SMILES string of the molecule is C=CCn1c(=S)[nH]c2cc(C(=O)N3CCCC(c4nnc5n4CCCCC5)C3)ccc2c1=O. The van der Waals surface area contributed by atoms with Gasteiger partial charge in [0.05, 0.1) is 10.9 Å². The summed E-state index contributed by atoms with van der Waals surface area (Å²) in [7, 11) is 0. The quantitative estimate of drug-likeness (QED) is 0.471. The van der Waals surface area contributed by atoms with Gasteiger partial charge in [0, 0.05) is 44.1 Å². The molecule has 3 aromatic rings. The summed E-state index contributed by atoms with van der Waals surface area (Å²) in [6, 6.07) is 5.17. The molecule has 0 aliphatic carbocycles. The van der Waals surface area contributed by atoms with Gasteiger partial charge in [-0.15, -0.1) is 16.8 Å². The van der Waals surface area contributed by atoms with Crippen molar-refractivity contribution in [1.82, 2.24) is 29.2 Å². The van der Waals surface area contributed by atoms with Gasteiger partial charge >= 0.3 is 0 Å². The van der Waals surface area contributed by atoms with Crippen LogP contribution < -0.4 is 5.56 Å². The number of amides is 1. The van der Waals surface area contributed by atoms with E-state index in [4.69, 9.17) is 12.2 Å². The summed E-state index contributed by atoms with van der Waals surface area (Å²) in [6.07, 6.45) is 8.10. The van der Waals surface area contributed by atoms with Crippen molar-refractivity contribution in [2.24, 2.45) is 0 Å². The highest BCUT2D eigenvalue weighted by molar-refractivity contribution is 7.71. The Hall–Kier alpha value is -3.07. The number of aryl methyl sites for hydroxylation is 1. The molecule has 5 rings (SSSR count). The number of likely N-dealkylation sites (tertiary alicyclic amines) is 1. The fraction of sp³-hybridized carbons (Fsp3) is 0.458. The fourth-order valence-electron chi connectivity index (χ4n) is 5.05. The third-order valence-electron chi connectivity index (χ3n) is 6.75. The number of aromatic nitrogens is 5. The zero-order chi connectivity index (χ0) is 22.9. The van der Waals surface area contributed by atoms with E-state index in [9.17, 15) is 9.59 Å². The third kappa shape index (κ3) is 4.06. The molecule has 0 radical (unpaired) electrons. The number of rotatable bonds is 4. The number of hydrogen-bond acceptors (Lipinski definition) is 5. The maximum absolute atomic E-state index is 13.4. The summed E-state index contributed by atoms with van der Waals surface area (Å²) >= 11 is 5.34. The number of benzene rings is 1. The van der Waals surface area contributed by atoms with E-state index in [2.05, 4.69) is 26.3 Å². The van der Waals surface area contributed by atoms with Crippen LogP contribution in [0.5, 0.6) is 0 Å². The molecule has 0 saturated carbocycles. The van der Waals surface area contributed by atoms with Crippen molar-refractivity contribution in [1.29, 1.82) is 0 Å². The number of nitrogens with one attached hydrogen (secondary N) is 1. The van der Waals surface area contributed by atoms with E-state index in [1.54, 1.807) is 24.3 Å². The lowest BCUT2D eigenvalue weighted by Gasteiger charge is -2.32. The molecule has 1 unspecified atom stereocenters. The van der Waals surface area contributed by atoms with Crippen molar-refractivity contribution in [3.8, 4) is 0 Å². The number of H-pyrrole nitrogens is 1. The molecule has 2 aliphatic rings. The van der Waals surface area contributed by atoms with Crippen LogP contribution in [0.3, 0.4) is 0 Å². The maximum atomic E-state index is 13.4. The molecule has 0 spiro atoms. The first-order valence-electron chi connectivity index (χ1n) is 11.7. The van der Waals surface area contributed by atoms with Crippen molar-refractivity contribution in [3.63, 3.8) is 0 Å². The van der Waals surface area contributed by atoms with Crippen molar-refractivity contribution < 1.29 is 4.79 Å². The Morgan fingerprint density at radius 3 is 2.94 bits per heavy atom. The van der Waals surface area contributed by atoms with Crippen molar-refractivity contribution >= 4 is 29.0 Å². The maximum Gasteiger partial charge on any atom is 0.262 e. The summed E-state index contributed by atoms with van der Waals surface area (Å²) in [5.74, 6) is 2.26. The summed E-state index contributed by atoms with van der Waals surface area (Å²) in [5, 5.41) is 9.48. The number of carbonyl (C=O) groups is 1. The Balaban J connectivity index is 1.41. The zero-order valence-corrected chi connectivity index (χ0v) is 19.4. The van der Waals surface area contributed by atoms with Gasteiger partial charge in [-0.1, -0.05) is 12.5 Å². The molecule has 8 nitrogen and oxygen atoms in total. The second-order valence-corrected chi connectivity index (χ2v) is 9.31.